The van der Waals surface area contributed by atoms with Crippen LogP contribution in [0.5, 0.6) is 11.5 Å². The van der Waals surface area contributed by atoms with Gasteiger partial charge in [-0.25, -0.2) is 0 Å². The number of ketones is 1. The number of rotatable bonds is 6. The maximum absolute atomic E-state index is 13.0. The van der Waals surface area contributed by atoms with Crippen molar-refractivity contribution in [2.45, 2.75) is 19.5 Å². The normalized spacial score (nSPS) is 17.8. The molecule has 0 spiro atoms. The Morgan fingerprint density at radius 3 is 2.39 bits per heavy atom. The first-order valence-corrected chi connectivity index (χ1v) is 10.7. The van der Waals surface area contributed by atoms with Gasteiger partial charge in [0.05, 0.1) is 24.8 Å². The second-order valence-corrected chi connectivity index (χ2v) is 8.09. The van der Waals surface area contributed by atoms with Crippen molar-refractivity contribution in [3.8, 4) is 11.5 Å². The molecule has 2 heterocycles. The van der Waals surface area contributed by atoms with Crippen molar-refractivity contribution in [2.75, 3.05) is 6.61 Å². The molecule has 0 aliphatic carbocycles. The van der Waals surface area contributed by atoms with Crippen LogP contribution in [0.3, 0.4) is 0 Å². The SMILES string of the molecule is CCOc1ccc(/C(O)=C2\C(=O)C(=O)N(Cc3cccs3)C2c2ccc(O)cc2)cc1. The maximum Gasteiger partial charge on any atom is 0.295 e. The van der Waals surface area contributed by atoms with E-state index >= 15 is 0 Å². The summed E-state index contributed by atoms with van der Waals surface area (Å²) >= 11 is 1.49. The summed E-state index contributed by atoms with van der Waals surface area (Å²) in [5, 5.41) is 22.6. The molecule has 1 fully saturated rings. The van der Waals surface area contributed by atoms with Gasteiger partial charge < -0.3 is 19.8 Å². The van der Waals surface area contributed by atoms with E-state index in [2.05, 4.69) is 0 Å². The third-order valence-corrected chi connectivity index (χ3v) is 5.95. The van der Waals surface area contributed by atoms with Gasteiger partial charge in [0.15, 0.2) is 0 Å². The molecule has 7 heteroatoms. The molecule has 3 aromatic rings. The zero-order valence-corrected chi connectivity index (χ0v) is 17.6. The minimum atomic E-state index is -0.769. The predicted molar refractivity (Wildman–Crippen MR) is 118 cm³/mol. The summed E-state index contributed by atoms with van der Waals surface area (Å²) in [6.07, 6.45) is 0. The number of ether oxygens (including phenoxy) is 1. The summed E-state index contributed by atoms with van der Waals surface area (Å²) < 4.78 is 5.43. The lowest BCUT2D eigenvalue weighted by Crippen LogP contribution is -2.28. The predicted octanol–water partition coefficient (Wildman–Crippen LogP) is 4.47. The van der Waals surface area contributed by atoms with Gasteiger partial charge in [0.25, 0.3) is 11.7 Å². The fourth-order valence-electron chi connectivity index (χ4n) is 3.65. The Kier molecular flexibility index (Phi) is 5.77. The highest BCUT2D eigenvalue weighted by molar-refractivity contribution is 7.09. The molecule has 31 heavy (non-hydrogen) atoms. The van der Waals surface area contributed by atoms with Crippen molar-refractivity contribution in [2.24, 2.45) is 0 Å². The minimum absolute atomic E-state index is 0.0244. The zero-order valence-electron chi connectivity index (χ0n) is 16.8. The molecule has 1 amide bonds. The van der Waals surface area contributed by atoms with E-state index in [0.29, 0.717) is 23.5 Å². The number of thiophene rings is 1. The molecule has 0 saturated carbocycles. The largest absolute Gasteiger partial charge is 0.508 e. The van der Waals surface area contributed by atoms with Crippen LogP contribution in [0.15, 0.2) is 71.6 Å². The maximum atomic E-state index is 13.0. The summed E-state index contributed by atoms with van der Waals surface area (Å²) in [6.45, 7) is 2.63. The van der Waals surface area contributed by atoms with Gasteiger partial charge in [-0.3, -0.25) is 9.59 Å². The van der Waals surface area contributed by atoms with Gasteiger partial charge in [-0.2, -0.15) is 0 Å². The topological polar surface area (TPSA) is 87.1 Å². The van der Waals surface area contributed by atoms with Crippen molar-refractivity contribution >= 4 is 28.8 Å². The van der Waals surface area contributed by atoms with E-state index in [-0.39, 0.29) is 23.6 Å². The fraction of sp³-hybridized carbons (Fsp3) is 0.167. The van der Waals surface area contributed by atoms with Crippen molar-refractivity contribution in [1.29, 1.82) is 0 Å². The van der Waals surface area contributed by atoms with Crippen LogP contribution in [0, 0.1) is 0 Å². The Morgan fingerprint density at radius 2 is 1.77 bits per heavy atom. The summed E-state index contributed by atoms with van der Waals surface area (Å²) in [4.78, 5) is 28.3. The van der Waals surface area contributed by atoms with Crippen molar-refractivity contribution in [1.82, 2.24) is 4.90 Å². The van der Waals surface area contributed by atoms with Crippen LogP contribution < -0.4 is 4.74 Å². The third kappa shape index (κ3) is 4.04. The number of Topliss-reactive ketones (excluding diaryl/α,β-unsaturated/α-hetero) is 1. The van der Waals surface area contributed by atoms with E-state index in [1.807, 2.05) is 24.4 Å². The smallest absolute Gasteiger partial charge is 0.295 e. The fourth-order valence-corrected chi connectivity index (χ4v) is 4.35. The van der Waals surface area contributed by atoms with E-state index in [1.165, 1.54) is 28.4 Å². The van der Waals surface area contributed by atoms with Crippen LogP contribution in [0.4, 0.5) is 0 Å². The second-order valence-electron chi connectivity index (χ2n) is 7.06. The summed E-state index contributed by atoms with van der Waals surface area (Å²) in [6, 6.07) is 16.0. The molecule has 4 rings (SSSR count). The summed E-state index contributed by atoms with van der Waals surface area (Å²) in [5.74, 6) is -0.925. The van der Waals surface area contributed by atoms with Crippen LogP contribution in [-0.4, -0.2) is 33.4 Å². The van der Waals surface area contributed by atoms with Gasteiger partial charge in [-0.1, -0.05) is 18.2 Å². The molecule has 1 aromatic heterocycles. The molecule has 1 saturated heterocycles. The number of aliphatic hydroxyl groups is 1. The van der Waals surface area contributed by atoms with Crippen LogP contribution in [0.2, 0.25) is 0 Å². The van der Waals surface area contributed by atoms with Crippen molar-refractivity contribution < 1.29 is 24.5 Å². The molecule has 0 radical (unpaired) electrons. The van der Waals surface area contributed by atoms with Crippen molar-refractivity contribution in [3.05, 3.63) is 87.6 Å². The molecule has 2 N–H and O–H groups in total. The number of amides is 1. The number of aromatic hydroxyl groups is 1. The number of benzene rings is 2. The molecule has 2 aromatic carbocycles. The molecular formula is C24H21NO5S. The summed E-state index contributed by atoms with van der Waals surface area (Å²) in [5.41, 5.74) is 1.07. The number of carbonyl (C=O) groups excluding carboxylic acids is 2. The molecule has 1 unspecified atom stereocenters. The molecular weight excluding hydrogens is 414 g/mol. The first-order valence-electron chi connectivity index (χ1n) is 9.82. The second kappa shape index (κ2) is 8.65. The number of aliphatic hydroxyl groups excluding tert-OH is 1. The number of hydrogen-bond acceptors (Lipinski definition) is 6. The molecule has 0 bridgehead atoms. The first kappa shape index (κ1) is 20.7. The summed E-state index contributed by atoms with van der Waals surface area (Å²) in [7, 11) is 0. The van der Waals surface area contributed by atoms with Gasteiger partial charge in [0.2, 0.25) is 0 Å². The van der Waals surface area contributed by atoms with E-state index in [1.54, 1.807) is 36.4 Å². The van der Waals surface area contributed by atoms with Gasteiger partial charge in [0.1, 0.15) is 17.3 Å². The van der Waals surface area contributed by atoms with E-state index in [0.717, 1.165) is 4.88 Å². The monoisotopic (exact) mass is 435 g/mol. The highest BCUT2D eigenvalue weighted by Gasteiger charge is 2.46. The molecule has 1 aliphatic rings. The Hall–Kier alpha value is -3.58. The highest BCUT2D eigenvalue weighted by Crippen LogP contribution is 2.41. The van der Waals surface area contributed by atoms with Gasteiger partial charge >= 0.3 is 0 Å². The van der Waals surface area contributed by atoms with Crippen LogP contribution in [0.1, 0.15) is 29.0 Å². The van der Waals surface area contributed by atoms with E-state index in [9.17, 15) is 19.8 Å². The standard InChI is InChI=1S/C24H21NO5S/c1-2-30-18-11-7-16(8-12-18)22(27)20-21(15-5-9-17(26)10-6-15)25(24(29)23(20)28)14-19-4-3-13-31-19/h3-13,21,26-27H,2,14H2,1H3/b22-20+. The van der Waals surface area contributed by atoms with E-state index in [4.69, 9.17) is 4.74 Å². The Labute approximate surface area is 183 Å². The lowest BCUT2D eigenvalue weighted by Gasteiger charge is -2.25. The number of likely N-dealkylation sites (tertiary alicyclic amines) is 1. The van der Waals surface area contributed by atoms with Gasteiger partial charge in [0, 0.05) is 10.4 Å². The van der Waals surface area contributed by atoms with Gasteiger partial charge in [-0.15, -0.1) is 11.3 Å². The number of phenols is 1. The van der Waals surface area contributed by atoms with Crippen LogP contribution in [0.25, 0.3) is 5.76 Å². The van der Waals surface area contributed by atoms with Crippen LogP contribution >= 0.6 is 11.3 Å². The molecule has 1 aliphatic heterocycles. The number of phenolic OH excluding ortho intramolecular Hbond substituents is 1. The third-order valence-electron chi connectivity index (χ3n) is 5.09. The van der Waals surface area contributed by atoms with E-state index < -0.39 is 17.7 Å². The Bertz CT molecular complexity index is 1120. The lowest BCUT2D eigenvalue weighted by atomic mass is 9.95. The average molecular weight is 436 g/mol. The van der Waals surface area contributed by atoms with Crippen molar-refractivity contribution in [3.63, 3.8) is 0 Å². The minimum Gasteiger partial charge on any atom is -0.508 e. The lowest BCUT2D eigenvalue weighted by molar-refractivity contribution is -0.140. The Morgan fingerprint density at radius 1 is 1.06 bits per heavy atom. The molecule has 6 nitrogen and oxygen atoms in total. The first-order chi connectivity index (χ1) is 15.0. The molecule has 158 valence electrons. The van der Waals surface area contributed by atoms with Crippen LogP contribution in [-0.2, 0) is 16.1 Å². The number of hydrogen-bond donors (Lipinski definition) is 2. The zero-order chi connectivity index (χ0) is 22.0. The Balaban J connectivity index is 1.81. The number of carbonyl (C=O) groups is 2. The quantitative estimate of drug-likeness (QED) is 0.339. The molecule has 1 atom stereocenters. The average Bonchev–Trinajstić information content (AvgIpc) is 3.37. The number of nitrogens with zero attached hydrogens (tertiary/aromatic N) is 1. The highest BCUT2D eigenvalue weighted by atomic mass is 32.1. The van der Waals surface area contributed by atoms with Gasteiger partial charge in [-0.05, 0) is 60.3 Å².